The third-order valence-electron chi connectivity index (χ3n) is 8.21. The van der Waals surface area contributed by atoms with E-state index >= 15 is 0 Å². The van der Waals surface area contributed by atoms with Crippen molar-refractivity contribution in [3.05, 3.63) is 47.7 Å². The van der Waals surface area contributed by atoms with Crippen LogP contribution in [0.2, 0.25) is 0 Å². The molecule has 2 atom stereocenters. The zero-order valence-corrected chi connectivity index (χ0v) is 23.5. The maximum atomic E-state index is 14.0. The lowest BCUT2D eigenvalue weighted by Crippen LogP contribution is -2.38. The predicted molar refractivity (Wildman–Crippen MR) is 142 cm³/mol. The molecule has 2 N–H and O–H groups in total. The minimum atomic E-state index is -4.46. The molecule has 0 unspecified atom stereocenters. The Balaban J connectivity index is 1.41. The summed E-state index contributed by atoms with van der Waals surface area (Å²) in [6.45, 7) is -2.19. The second kappa shape index (κ2) is 12.7. The molecule has 5 rings (SSSR count). The zero-order chi connectivity index (χ0) is 31.6. The number of nitrogens with one attached hydrogen (secondary N) is 2. The molecule has 3 aromatic heterocycles. The number of nitrogens with zero attached hydrogens (tertiary/aromatic N) is 5. The van der Waals surface area contributed by atoms with Crippen molar-refractivity contribution < 1.29 is 40.3 Å². The maximum absolute atomic E-state index is 14.0. The number of carbonyl (C=O) groups excluding carboxylic acids is 2. The monoisotopic (exact) mass is 631 g/mol. The lowest BCUT2D eigenvalue weighted by Gasteiger charge is -2.33. The first kappa shape index (κ1) is 31.7. The molecule has 2 aliphatic rings. The first-order valence-electron chi connectivity index (χ1n) is 14.4. The lowest BCUT2D eigenvalue weighted by atomic mass is 9.81. The Morgan fingerprint density at radius 3 is 2.32 bits per heavy atom. The van der Waals surface area contributed by atoms with Crippen LogP contribution in [-0.4, -0.2) is 61.6 Å². The Morgan fingerprint density at radius 2 is 1.68 bits per heavy atom. The first-order valence-corrected chi connectivity index (χ1v) is 14.4. The molecule has 2 fully saturated rings. The predicted octanol–water partition coefficient (Wildman–Crippen LogP) is 5.61. The smallest absolute Gasteiger partial charge is 0.349 e. The van der Waals surface area contributed by atoms with Crippen LogP contribution < -0.4 is 10.6 Å². The van der Waals surface area contributed by atoms with Crippen LogP contribution in [0.4, 0.5) is 30.7 Å². The molecule has 0 aromatic carbocycles. The Bertz CT molecular complexity index is 1460. The Labute approximate surface area is 247 Å². The topological polar surface area (TPSA) is 106 Å². The van der Waals surface area contributed by atoms with Gasteiger partial charge in [-0.25, -0.2) is 27.1 Å². The summed E-state index contributed by atoms with van der Waals surface area (Å²) >= 11 is 0. The van der Waals surface area contributed by atoms with Gasteiger partial charge in [0, 0.05) is 25.5 Å². The maximum Gasteiger partial charge on any atom is 0.389 e. The molecule has 2 aliphatic carbocycles. The van der Waals surface area contributed by atoms with E-state index in [1.807, 2.05) is 0 Å². The molecular weight excluding hydrogens is 599 g/mol. The van der Waals surface area contributed by atoms with Crippen LogP contribution in [0, 0.1) is 11.8 Å². The summed E-state index contributed by atoms with van der Waals surface area (Å²) in [6.07, 6.45) is -1.21. The van der Waals surface area contributed by atoms with Crippen LogP contribution in [0.25, 0.3) is 5.65 Å². The molecule has 0 aliphatic heterocycles. The SMILES string of the molecule is O=C(CCC(F)(F)F)N[C@@H](c1cnn2cc([C@@H](NC(=O)c3ccnn3C(CF)CF)C3CCC(F)(F)CC3)nc2c1)C1CC1. The number of halogens is 7. The number of alkyl halides is 7. The van der Waals surface area contributed by atoms with E-state index in [1.165, 1.54) is 29.2 Å². The molecule has 44 heavy (non-hydrogen) atoms. The van der Waals surface area contributed by atoms with Gasteiger partial charge in [0.15, 0.2) is 5.65 Å². The fraction of sp³-hybridized carbons (Fsp3) is 0.607. The fourth-order valence-electron chi connectivity index (χ4n) is 5.63. The quantitative estimate of drug-likeness (QED) is 0.253. The molecule has 2 saturated carbocycles. The van der Waals surface area contributed by atoms with Gasteiger partial charge in [-0.05, 0) is 55.2 Å². The van der Waals surface area contributed by atoms with Gasteiger partial charge in [0.2, 0.25) is 11.8 Å². The number of fused-ring (bicyclic) bond motifs is 1. The van der Waals surface area contributed by atoms with E-state index in [4.69, 9.17) is 0 Å². The van der Waals surface area contributed by atoms with Gasteiger partial charge in [-0.3, -0.25) is 14.3 Å². The standard InChI is InChI=1S/C28H32F7N7O2/c29-12-19(13-30)42-21(6-10-36-42)26(44)40-25(17-3-7-27(31,32)8-4-17)20-15-41-22(38-20)11-18(14-37-41)24(16-1-2-16)39-23(43)5-9-28(33,34)35/h6,10-11,14-17,19,24-25H,1-5,7-9,12-13H2,(H,39,43)(H,40,44)/t24-,25+/m1/s1. The number of carbonyl (C=O) groups is 2. The van der Waals surface area contributed by atoms with E-state index in [-0.39, 0.29) is 37.3 Å². The summed E-state index contributed by atoms with van der Waals surface area (Å²) in [7, 11) is 0. The normalized spacial score (nSPS) is 18.8. The largest absolute Gasteiger partial charge is 0.389 e. The van der Waals surface area contributed by atoms with Crippen LogP contribution in [0.3, 0.4) is 0 Å². The molecule has 240 valence electrons. The summed E-state index contributed by atoms with van der Waals surface area (Å²) in [5.74, 6) is -4.69. The third-order valence-corrected chi connectivity index (χ3v) is 8.21. The molecule has 0 radical (unpaired) electrons. The molecule has 0 saturated heterocycles. The Kier molecular flexibility index (Phi) is 9.16. The molecule has 3 heterocycles. The molecular formula is C28H32F7N7O2. The van der Waals surface area contributed by atoms with E-state index in [2.05, 4.69) is 25.8 Å². The Hall–Kier alpha value is -3.72. The van der Waals surface area contributed by atoms with Gasteiger partial charge in [-0.15, -0.1) is 0 Å². The van der Waals surface area contributed by atoms with Gasteiger partial charge in [0.05, 0.1) is 36.6 Å². The third kappa shape index (κ3) is 7.49. The van der Waals surface area contributed by atoms with Crippen molar-refractivity contribution >= 4 is 17.5 Å². The highest BCUT2D eigenvalue weighted by atomic mass is 19.4. The average molecular weight is 632 g/mol. The van der Waals surface area contributed by atoms with Crippen LogP contribution in [-0.2, 0) is 4.79 Å². The number of hydrogen-bond donors (Lipinski definition) is 2. The minimum Gasteiger partial charge on any atom is -0.349 e. The number of amides is 2. The summed E-state index contributed by atoms with van der Waals surface area (Å²) in [6, 6.07) is 0.216. The molecule has 0 bridgehead atoms. The molecule has 2 amide bonds. The van der Waals surface area contributed by atoms with Gasteiger partial charge < -0.3 is 10.6 Å². The van der Waals surface area contributed by atoms with Gasteiger partial charge in [-0.1, -0.05) is 0 Å². The van der Waals surface area contributed by atoms with E-state index in [0.717, 1.165) is 17.5 Å². The van der Waals surface area contributed by atoms with Crippen molar-refractivity contribution in [1.82, 2.24) is 35.0 Å². The van der Waals surface area contributed by atoms with Gasteiger partial charge in [0.25, 0.3) is 5.91 Å². The molecule has 0 spiro atoms. The van der Waals surface area contributed by atoms with E-state index in [1.54, 1.807) is 6.07 Å². The zero-order valence-electron chi connectivity index (χ0n) is 23.5. The van der Waals surface area contributed by atoms with Crippen LogP contribution in [0.5, 0.6) is 0 Å². The Morgan fingerprint density at radius 1 is 1.00 bits per heavy atom. The van der Waals surface area contributed by atoms with E-state index in [9.17, 15) is 40.3 Å². The molecule has 9 nitrogen and oxygen atoms in total. The van der Waals surface area contributed by atoms with Crippen LogP contribution in [0.1, 0.15) is 91.2 Å². The highest BCUT2D eigenvalue weighted by Gasteiger charge is 2.40. The number of hydrogen-bond acceptors (Lipinski definition) is 5. The van der Waals surface area contributed by atoms with Crippen molar-refractivity contribution in [3.63, 3.8) is 0 Å². The van der Waals surface area contributed by atoms with Gasteiger partial charge in [-0.2, -0.15) is 23.4 Å². The second-order valence-corrected chi connectivity index (χ2v) is 11.5. The summed E-state index contributed by atoms with van der Waals surface area (Å²) < 4.78 is 95.0. The summed E-state index contributed by atoms with van der Waals surface area (Å²) in [4.78, 5) is 30.3. The highest BCUT2D eigenvalue weighted by molar-refractivity contribution is 5.92. The van der Waals surface area contributed by atoms with Crippen molar-refractivity contribution in [3.8, 4) is 0 Å². The lowest BCUT2D eigenvalue weighted by molar-refractivity contribution is -0.144. The van der Waals surface area contributed by atoms with E-state index in [0.29, 0.717) is 16.9 Å². The first-order chi connectivity index (χ1) is 20.9. The van der Waals surface area contributed by atoms with Crippen molar-refractivity contribution in [1.29, 1.82) is 0 Å². The van der Waals surface area contributed by atoms with Crippen LogP contribution in [0.15, 0.2) is 30.7 Å². The van der Waals surface area contributed by atoms with Crippen molar-refractivity contribution in [2.24, 2.45) is 11.8 Å². The highest BCUT2D eigenvalue weighted by Crippen LogP contribution is 2.43. The number of rotatable bonds is 12. The van der Waals surface area contributed by atoms with Gasteiger partial charge >= 0.3 is 6.18 Å². The van der Waals surface area contributed by atoms with E-state index < -0.39 is 74.1 Å². The number of aromatic nitrogens is 5. The second-order valence-electron chi connectivity index (χ2n) is 11.5. The number of imidazole rings is 1. The molecule has 16 heteroatoms. The summed E-state index contributed by atoms with van der Waals surface area (Å²) in [5.41, 5.74) is 1.07. The summed E-state index contributed by atoms with van der Waals surface area (Å²) in [5, 5.41) is 13.7. The fourth-order valence-corrected chi connectivity index (χ4v) is 5.63. The molecule has 3 aromatic rings. The van der Waals surface area contributed by atoms with Crippen LogP contribution >= 0.6 is 0 Å². The van der Waals surface area contributed by atoms with Crippen molar-refractivity contribution in [2.75, 3.05) is 13.3 Å². The van der Waals surface area contributed by atoms with Crippen molar-refractivity contribution in [2.45, 2.75) is 81.6 Å². The minimum absolute atomic E-state index is 0.0294. The van der Waals surface area contributed by atoms with Gasteiger partial charge in [0.1, 0.15) is 25.1 Å². The average Bonchev–Trinajstić information content (AvgIpc) is 3.54.